The zero-order valence-electron chi connectivity index (χ0n) is 11.9. The van der Waals surface area contributed by atoms with Crippen LogP contribution in [-0.4, -0.2) is 22.8 Å². The van der Waals surface area contributed by atoms with Crippen molar-refractivity contribution in [1.82, 2.24) is 9.88 Å². The van der Waals surface area contributed by atoms with Crippen molar-refractivity contribution in [3.05, 3.63) is 65.2 Å². The highest BCUT2D eigenvalue weighted by Crippen LogP contribution is 2.34. The van der Waals surface area contributed by atoms with Crippen LogP contribution < -0.4 is 0 Å². The van der Waals surface area contributed by atoms with Gasteiger partial charge in [0.15, 0.2) is 5.82 Å². The van der Waals surface area contributed by atoms with Gasteiger partial charge >= 0.3 is 0 Å². The van der Waals surface area contributed by atoms with Gasteiger partial charge < -0.3 is 4.90 Å². The third-order valence-corrected chi connectivity index (χ3v) is 4.13. The lowest BCUT2D eigenvalue weighted by molar-refractivity contribution is 0.0710. The van der Waals surface area contributed by atoms with E-state index in [1.807, 2.05) is 12.1 Å². The number of hydrogen-bond acceptors (Lipinski definition) is 2. The molecule has 1 aromatic carbocycles. The fourth-order valence-electron chi connectivity index (χ4n) is 3.01. The largest absolute Gasteiger partial charge is 0.335 e. The van der Waals surface area contributed by atoms with Crippen LogP contribution in [0.15, 0.2) is 42.7 Å². The summed E-state index contributed by atoms with van der Waals surface area (Å²) in [6.07, 6.45) is 5.51. The lowest BCUT2D eigenvalue weighted by atomic mass is 9.87. The number of pyridine rings is 1. The Kier molecular flexibility index (Phi) is 3.69. The number of aromatic nitrogens is 1. The summed E-state index contributed by atoms with van der Waals surface area (Å²) in [4.78, 5) is 17.9. The van der Waals surface area contributed by atoms with Crippen LogP contribution in [0.3, 0.4) is 0 Å². The molecule has 0 N–H and O–H groups in total. The Hall–Kier alpha value is -2.23. The van der Waals surface area contributed by atoms with E-state index in [1.165, 1.54) is 23.4 Å². The predicted molar refractivity (Wildman–Crippen MR) is 78.4 cm³/mol. The highest BCUT2D eigenvalue weighted by atomic mass is 19.1. The molecule has 3 rings (SSSR count). The van der Waals surface area contributed by atoms with Crippen molar-refractivity contribution in [3.8, 4) is 0 Å². The fourth-order valence-corrected chi connectivity index (χ4v) is 3.01. The summed E-state index contributed by atoms with van der Waals surface area (Å²) in [5.41, 5.74) is 2.54. The molecule has 0 fully saturated rings. The molecule has 1 aromatic heterocycles. The average Bonchev–Trinajstić information content (AvgIpc) is 2.53. The summed E-state index contributed by atoms with van der Waals surface area (Å²) in [7, 11) is 1.75. The molecular formula is C17H17FN2O. The van der Waals surface area contributed by atoms with Crippen LogP contribution in [0.25, 0.3) is 0 Å². The van der Waals surface area contributed by atoms with Crippen LogP contribution >= 0.6 is 0 Å². The number of rotatable bonds is 2. The van der Waals surface area contributed by atoms with Crippen LogP contribution in [-0.2, 0) is 6.42 Å². The molecule has 0 aliphatic heterocycles. The van der Waals surface area contributed by atoms with Crippen molar-refractivity contribution in [2.75, 3.05) is 7.05 Å². The second kappa shape index (κ2) is 5.64. The number of nitrogens with zero attached hydrogens (tertiary/aromatic N) is 2. The molecule has 3 nitrogen and oxygen atoms in total. The number of aryl methyl sites for hydroxylation is 1. The van der Waals surface area contributed by atoms with Gasteiger partial charge in [-0.25, -0.2) is 4.39 Å². The first kappa shape index (κ1) is 13.7. The third-order valence-electron chi connectivity index (χ3n) is 4.13. The quantitative estimate of drug-likeness (QED) is 0.847. The van der Waals surface area contributed by atoms with E-state index < -0.39 is 5.82 Å². The number of amides is 1. The summed E-state index contributed by atoms with van der Waals surface area (Å²) in [5, 5.41) is 0. The van der Waals surface area contributed by atoms with Crippen molar-refractivity contribution in [2.24, 2.45) is 0 Å². The van der Waals surface area contributed by atoms with E-state index in [2.05, 4.69) is 17.1 Å². The molecule has 1 heterocycles. The first-order chi connectivity index (χ1) is 10.2. The molecular weight excluding hydrogens is 267 g/mol. The minimum atomic E-state index is -0.571. The monoisotopic (exact) mass is 284 g/mol. The molecule has 1 amide bonds. The van der Waals surface area contributed by atoms with Gasteiger partial charge in [-0.15, -0.1) is 0 Å². The SMILES string of the molecule is CN(C(=O)c1ccncc1F)C1CCCc2ccccc21. The summed E-state index contributed by atoms with van der Waals surface area (Å²) in [6.45, 7) is 0. The molecule has 2 aromatic rings. The van der Waals surface area contributed by atoms with Gasteiger partial charge in [-0.05, 0) is 36.5 Å². The number of benzene rings is 1. The molecule has 1 aliphatic rings. The molecule has 1 atom stereocenters. The lowest BCUT2D eigenvalue weighted by Gasteiger charge is -2.33. The summed E-state index contributed by atoms with van der Waals surface area (Å²) < 4.78 is 13.8. The molecule has 0 saturated heterocycles. The molecule has 1 unspecified atom stereocenters. The Morgan fingerprint density at radius 3 is 2.95 bits per heavy atom. The van der Waals surface area contributed by atoms with Crippen molar-refractivity contribution < 1.29 is 9.18 Å². The summed E-state index contributed by atoms with van der Waals surface area (Å²) in [5.74, 6) is -0.866. The number of hydrogen-bond donors (Lipinski definition) is 0. The highest BCUT2D eigenvalue weighted by molar-refractivity contribution is 5.94. The molecule has 21 heavy (non-hydrogen) atoms. The zero-order valence-corrected chi connectivity index (χ0v) is 11.9. The topological polar surface area (TPSA) is 33.2 Å². The molecule has 0 spiro atoms. The number of carbonyl (C=O) groups excluding carboxylic acids is 1. The lowest BCUT2D eigenvalue weighted by Crippen LogP contribution is -2.33. The molecule has 0 radical (unpaired) electrons. The Bertz CT molecular complexity index is 671. The van der Waals surface area contributed by atoms with Gasteiger partial charge in [-0.3, -0.25) is 9.78 Å². The van der Waals surface area contributed by atoms with E-state index in [0.29, 0.717) is 0 Å². The van der Waals surface area contributed by atoms with Crippen molar-refractivity contribution >= 4 is 5.91 Å². The van der Waals surface area contributed by atoms with Gasteiger partial charge in [0.05, 0.1) is 17.8 Å². The van der Waals surface area contributed by atoms with Gasteiger partial charge in [-0.2, -0.15) is 0 Å². The van der Waals surface area contributed by atoms with Crippen molar-refractivity contribution in [3.63, 3.8) is 0 Å². The Balaban J connectivity index is 1.91. The first-order valence-electron chi connectivity index (χ1n) is 7.13. The fraction of sp³-hybridized carbons (Fsp3) is 0.294. The van der Waals surface area contributed by atoms with Crippen LogP contribution in [0.4, 0.5) is 4.39 Å². The van der Waals surface area contributed by atoms with Crippen LogP contribution in [0.5, 0.6) is 0 Å². The predicted octanol–water partition coefficient (Wildman–Crippen LogP) is 3.37. The Labute approximate surface area is 123 Å². The van der Waals surface area contributed by atoms with E-state index in [0.717, 1.165) is 25.5 Å². The smallest absolute Gasteiger partial charge is 0.257 e. The van der Waals surface area contributed by atoms with E-state index in [4.69, 9.17) is 0 Å². The summed E-state index contributed by atoms with van der Waals surface area (Å²) >= 11 is 0. The van der Waals surface area contributed by atoms with Gasteiger partial charge in [0.25, 0.3) is 5.91 Å². The van der Waals surface area contributed by atoms with Crippen LogP contribution in [0.2, 0.25) is 0 Å². The van der Waals surface area contributed by atoms with Crippen LogP contribution in [0, 0.1) is 5.82 Å². The standard InChI is InChI=1S/C17H17FN2O/c1-20(17(21)14-9-10-19-11-15(14)18)16-8-4-6-12-5-2-3-7-13(12)16/h2-3,5,7,9-11,16H,4,6,8H2,1H3. The third kappa shape index (κ3) is 2.53. The van der Waals surface area contributed by atoms with Gasteiger partial charge in [0.2, 0.25) is 0 Å². The maximum Gasteiger partial charge on any atom is 0.257 e. The number of fused-ring (bicyclic) bond motifs is 1. The van der Waals surface area contributed by atoms with Gasteiger partial charge in [0, 0.05) is 13.2 Å². The molecule has 0 saturated carbocycles. The first-order valence-corrected chi connectivity index (χ1v) is 7.13. The Morgan fingerprint density at radius 2 is 2.14 bits per heavy atom. The minimum absolute atomic E-state index is 0.00927. The molecule has 0 bridgehead atoms. The molecule has 4 heteroatoms. The Morgan fingerprint density at radius 1 is 1.33 bits per heavy atom. The number of halogens is 1. The molecule has 108 valence electrons. The normalized spacial score (nSPS) is 17.1. The van der Waals surface area contributed by atoms with Gasteiger partial charge in [-0.1, -0.05) is 24.3 Å². The minimum Gasteiger partial charge on any atom is -0.335 e. The maximum absolute atomic E-state index is 13.8. The van der Waals surface area contributed by atoms with Crippen molar-refractivity contribution in [2.45, 2.75) is 25.3 Å². The van der Waals surface area contributed by atoms with E-state index in [9.17, 15) is 9.18 Å². The van der Waals surface area contributed by atoms with Crippen LogP contribution in [0.1, 0.15) is 40.4 Å². The highest BCUT2D eigenvalue weighted by Gasteiger charge is 2.28. The van der Waals surface area contributed by atoms with Gasteiger partial charge in [0.1, 0.15) is 0 Å². The number of carbonyl (C=O) groups is 1. The average molecular weight is 284 g/mol. The second-order valence-electron chi connectivity index (χ2n) is 5.38. The summed E-state index contributed by atoms with van der Waals surface area (Å²) in [6, 6.07) is 9.62. The maximum atomic E-state index is 13.8. The van der Waals surface area contributed by atoms with E-state index >= 15 is 0 Å². The molecule has 1 aliphatic carbocycles. The van der Waals surface area contributed by atoms with Crippen molar-refractivity contribution in [1.29, 1.82) is 0 Å². The van der Waals surface area contributed by atoms with E-state index in [-0.39, 0.29) is 17.5 Å². The van der Waals surface area contributed by atoms with E-state index in [1.54, 1.807) is 11.9 Å². The zero-order chi connectivity index (χ0) is 14.8. The second-order valence-corrected chi connectivity index (χ2v) is 5.38.